The van der Waals surface area contributed by atoms with Gasteiger partial charge in [-0.05, 0) is 31.0 Å². The van der Waals surface area contributed by atoms with Crippen molar-refractivity contribution < 1.29 is 0 Å². The first-order valence-electron chi connectivity index (χ1n) is 8.19. The highest BCUT2D eigenvalue weighted by Gasteiger charge is 2.06. The first-order valence-corrected chi connectivity index (χ1v) is 8.19. The predicted octanol–water partition coefficient (Wildman–Crippen LogP) is 3.10. The van der Waals surface area contributed by atoms with Gasteiger partial charge in [0, 0.05) is 12.2 Å². The first-order chi connectivity index (χ1) is 12.1. The van der Waals surface area contributed by atoms with E-state index in [4.69, 9.17) is 5.73 Å². The summed E-state index contributed by atoms with van der Waals surface area (Å²) in [6.45, 7) is 5.36. The maximum Gasteiger partial charge on any atom is 0.232 e. The zero-order chi connectivity index (χ0) is 17.6. The number of nitrogens with two attached hydrogens (primary N) is 1. The number of benzene rings is 2. The van der Waals surface area contributed by atoms with Crippen molar-refractivity contribution in [1.29, 1.82) is 0 Å². The standard InChI is InChI=1S/C19H22N6/c1-13-7-9-15(10-8-13)11-21-12-17-23-18(20)25-19(24-17)22-16-6-4-3-5-14(16)2/h3-10,21H,11-12H2,1-2H3,(H3,20,22,23,24,25). The van der Waals surface area contributed by atoms with Crippen LogP contribution in [0.3, 0.4) is 0 Å². The lowest BCUT2D eigenvalue weighted by Crippen LogP contribution is -2.17. The van der Waals surface area contributed by atoms with E-state index in [1.807, 2.05) is 31.2 Å². The van der Waals surface area contributed by atoms with E-state index in [0.717, 1.165) is 17.8 Å². The second kappa shape index (κ2) is 7.72. The molecule has 3 aromatic rings. The Balaban J connectivity index is 1.65. The zero-order valence-corrected chi connectivity index (χ0v) is 14.5. The lowest BCUT2D eigenvalue weighted by Gasteiger charge is -2.10. The molecular weight excluding hydrogens is 312 g/mol. The van der Waals surface area contributed by atoms with E-state index in [2.05, 4.69) is 56.8 Å². The number of para-hydroxylation sites is 1. The maximum absolute atomic E-state index is 5.82. The number of anilines is 3. The van der Waals surface area contributed by atoms with Crippen LogP contribution in [0, 0.1) is 13.8 Å². The second-order valence-electron chi connectivity index (χ2n) is 5.96. The van der Waals surface area contributed by atoms with E-state index in [1.54, 1.807) is 0 Å². The molecule has 0 bridgehead atoms. The average molecular weight is 334 g/mol. The molecule has 0 unspecified atom stereocenters. The number of aromatic nitrogens is 3. The minimum absolute atomic E-state index is 0.207. The highest BCUT2D eigenvalue weighted by Crippen LogP contribution is 2.17. The minimum Gasteiger partial charge on any atom is -0.368 e. The number of nitrogens with zero attached hydrogens (tertiary/aromatic N) is 3. The van der Waals surface area contributed by atoms with Crippen molar-refractivity contribution in [2.75, 3.05) is 11.1 Å². The van der Waals surface area contributed by atoms with Gasteiger partial charge >= 0.3 is 0 Å². The SMILES string of the molecule is Cc1ccc(CNCc2nc(N)nc(Nc3ccccc3C)n2)cc1. The molecule has 2 aromatic carbocycles. The van der Waals surface area contributed by atoms with Crippen LogP contribution >= 0.6 is 0 Å². The minimum atomic E-state index is 0.207. The number of rotatable bonds is 6. The first kappa shape index (κ1) is 16.9. The summed E-state index contributed by atoms with van der Waals surface area (Å²) >= 11 is 0. The van der Waals surface area contributed by atoms with Crippen molar-refractivity contribution in [2.45, 2.75) is 26.9 Å². The number of nitrogens with one attached hydrogen (secondary N) is 2. The molecule has 0 saturated carbocycles. The Labute approximate surface area is 147 Å². The largest absolute Gasteiger partial charge is 0.368 e. The molecular formula is C19H22N6. The molecule has 4 N–H and O–H groups in total. The molecule has 0 radical (unpaired) electrons. The van der Waals surface area contributed by atoms with Gasteiger partial charge in [0.15, 0.2) is 0 Å². The van der Waals surface area contributed by atoms with Gasteiger partial charge in [-0.3, -0.25) is 0 Å². The molecule has 0 aliphatic rings. The number of aryl methyl sites for hydroxylation is 2. The molecule has 0 fully saturated rings. The molecule has 1 heterocycles. The van der Waals surface area contributed by atoms with Gasteiger partial charge in [0.05, 0.1) is 6.54 Å². The second-order valence-corrected chi connectivity index (χ2v) is 5.96. The van der Waals surface area contributed by atoms with Crippen LogP contribution in [0.15, 0.2) is 48.5 Å². The third-order valence-corrected chi connectivity index (χ3v) is 3.82. The van der Waals surface area contributed by atoms with Crippen molar-refractivity contribution in [3.05, 3.63) is 71.0 Å². The van der Waals surface area contributed by atoms with Crippen LogP contribution in [0.25, 0.3) is 0 Å². The van der Waals surface area contributed by atoms with Gasteiger partial charge in [-0.25, -0.2) is 0 Å². The molecule has 3 rings (SSSR count). The lowest BCUT2D eigenvalue weighted by atomic mass is 10.1. The number of nitrogen functional groups attached to an aromatic ring is 1. The van der Waals surface area contributed by atoms with E-state index >= 15 is 0 Å². The molecule has 0 amide bonds. The summed E-state index contributed by atoms with van der Waals surface area (Å²) in [5.41, 5.74) is 10.3. The smallest absolute Gasteiger partial charge is 0.232 e. The van der Waals surface area contributed by atoms with Crippen LogP contribution < -0.4 is 16.4 Å². The highest BCUT2D eigenvalue weighted by atomic mass is 15.2. The molecule has 0 aliphatic carbocycles. The van der Waals surface area contributed by atoms with Crippen molar-refractivity contribution >= 4 is 17.6 Å². The van der Waals surface area contributed by atoms with Gasteiger partial charge in [-0.2, -0.15) is 15.0 Å². The van der Waals surface area contributed by atoms with Crippen LogP contribution in [0.2, 0.25) is 0 Å². The van der Waals surface area contributed by atoms with Crippen LogP contribution in [-0.2, 0) is 13.1 Å². The quantitative estimate of drug-likeness (QED) is 0.642. The topological polar surface area (TPSA) is 88.8 Å². The third kappa shape index (κ3) is 4.74. The fourth-order valence-corrected chi connectivity index (χ4v) is 2.43. The van der Waals surface area contributed by atoms with Crippen LogP contribution in [0.4, 0.5) is 17.6 Å². The average Bonchev–Trinajstić information content (AvgIpc) is 2.58. The Morgan fingerprint density at radius 2 is 1.64 bits per heavy atom. The molecule has 128 valence electrons. The fraction of sp³-hybridized carbons (Fsp3) is 0.211. The Bertz CT molecular complexity index is 845. The van der Waals surface area contributed by atoms with Crippen molar-refractivity contribution in [3.8, 4) is 0 Å². The molecule has 25 heavy (non-hydrogen) atoms. The monoisotopic (exact) mass is 334 g/mol. The van der Waals surface area contributed by atoms with E-state index in [9.17, 15) is 0 Å². The van der Waals surface area contributed by atoms with E-state index < -0.39 is 0 Å². The highest BCUT2D eigenvalue weighted by molar-refractivity contribution is 5.58. The van der Waals surface area contributed by atoms with E-state index in [1.165, 1.54) is 11.1 Å². The molecule has 6 heteroatoms. The van der Waals surface area contributed by atoms with E-state index in [-0.39, 0.29) is 5.95 Å². The normalized spacial score (nSPS) is 10.6. The number of hydrogen-bond acceptors (Lipinski definition) is 6. The Kier molecular flexibility index (Phi) is 5.20. The Morgan fingerprint density at radius 1 is 0.880 bits per heavy atom. The van der Waals surface area contributed by atoms with E-state index in [0.29, 0.717) is 18.3 Å². The molecule has 1 aromatic heterocycles. The summed E-state index contributed by atoms with van der Waals surface area (Å²) in [6, 6.07) is 16.4. The number of hydrogen-bond donors (Lipinski definition) is 3. The maximum atomic E-state index is 5.82. The van der Waals surface area contributed by atoms with Gasteiger partial charge in [-0.1, -0.05) is 48.0 Å². The summed E-state index contributed by atoms with van der Waals surface area (Å²) in [5, 5.41) is 6.53. The Hall–Kier alpha value is -2.99. The molecule has 0 saturated heterocycles. The van der Waals surface area contributed by atoms with Crippen LogP contribution in [0.5, 0.6) is 0 Å². The molecule has 6 nitrogen and oxygen atoms in total. The van der Waals surface area contributed by atoms with Gasteiger partial charge in [0.2, 0.25) is 11.9 Å². The predicted molar refractivity (Wildman–Crippen MR) is 100 cm³/mol. The van der Waals surface area contributed by atoms with Crippen molar-refractivity contribution in [1.82, 2.24) is 20.3 Å². The zero-order valence-electron chi connectivity index (χ0n) is 14.5. The van der Waals surface area contributed by atoms with Gasteiger partial charge < -0.3 is 16.4 Å². The van der Waals surface area contributed by atoms with Crippen molar-refractivity contribution in [3.63, 3.8) is 0 Å². The van der Waals surface area contributed by atoms with Crippen LogP contribution in [-0.4, -0.2) is 15.0 Å². The summed E-state index contributed by atoms with van der Waals surface area (Å²) in [5.74, 6) is 1.27. The summed E-state index contributed by atoms with van der Waals surface area (Å²) in [4.78, 5) is 12.8. The van der Waals surface area contributed by atoms with Crippen LogP contribution in [0.1, 0.15) is 22.5 Å². The van der Waals surface area contributed by atoms with Gasteiger partial charge in [0.25, 0.3) is 0 Å². The molecule has 0 spiro atoms. The lowest BCUT2D eigenvalue weighted by molar-refractivity contribution is 0.661. The summed E-state index contributed by atoms with van der Waals surface area (Å²) in [7, 11) is 0. The third-order valence-electron chi connectivity index (χ3n) is 3.82. The van der Waals surface area contributed by atoms with Gasteiger partial charge in [-0.15, -0.1) is 0 Å². The molecule has 0 aliphatic heterocycles. The van der Waals surface area contributed by atoms with Crippen molar-refractivity contribution in [2.24, 2.45) is 0 Å². The molecule has 0 atom stereocenters. The van der Waals surface area contributed by atoms with Gasteiger partial charge in [0.1, 0.15) is 5.82 Å². The summed E-state index contributed by atoms with van der Waals surface area (Å²) < 4.78 is 0. The Morgan fingerprint density at radius 3 is 2.40 bits per heavy atom. The summed E-state index contributed by atoms with van der Waals surface area (Å²) in [6.07, 6.45) is 0. The fourth-order valence-electron chi connectivity index (χ4n) is 2.43.